The van der Waals surface area contributed by atoms with Gasteiger partial charge in [-0.15, -0.1) is 11.3 Å². The van der Waals surface area contributed by atoms with Crippen LogP contribution in [0.1, 0.15) is 34.7 Å². The number of hydrogen-bond donors (Lipinski definition) is 0. The Morgan fingerprint density at radius 2 is 2.00 bits per heavy atom. The molecule has 4 rings (SSSR count). The lowest BCUT2D eigenvalue weighted by molar-refractivity contribution is -0.384. The van der Waals surface area contributed by atoms with Gasteiger partial charge in [-0.1, -0.05) is 0 Å². The number of fused-ring (bicyclic) bond motifs is 3. The van der Waals surface area contributed by atoms with E-state index >= 15 is 0 Å². The van der Waals surface area contributed by atoms with Gasteiger partial charge >= 0.3 is 0 Å². The first-order chi connectivity index (χ1) is 12.5. The fraction of sp³-hybridized carbons (Fsp3) is 0.278. The number of nitro benzene ring substituents is 1. The molecule has 3 aromatic rings. The molecule has 7 nitrogen and oxygen atoms in total. The quantitative estimate of drug-likeness (QED) is 0.402. The fourth-order valence-corrected chi connectivity index (χ4v) is 4.54. The lowest BCUT2D eigenvalue weighted by atomic mass is 9.97. The van der Waals surface area contributed by atoms with Crippen molar-refractivity contribution >= 4 is 33.5 Å². The van der Waals surface area contributed by atoms with Gasteiger partial charge in [-0.05, 0) is 55.9 Å². The number of thiophene rings is 1. The van der Waals surface area contributed by atoms with E-state index in [0.717, 1.165) is 36.1 Å². The molecule has 1 aromatic carbocycles. The molecule has 0 amide bonds. The number of non-ortho nitro benzene ring substituents is 1. The Morgan fingerprint density at radius 3 is 2.73 bits per heavy atom. The van der Waals surface area contributed by atoms with Crippen LogP contribution in [0.5, 0.6) is 0 Å². The summed E-state index contributed by atoms with van der Waals surface area (Å²) in [5.41, 5.74) is 1.68. The molecular formula is C18H16N4O3S. The molecule has 0 fully saturated rings. The third kappa shape index (κ3) is 2.82. The van der Waals surface area contributed by atoms with E-state index in [0.29, 0.717) is 16.8 Å². The molecule has 0 bridgehead atoms. The third-order valence-electron chi connectivity index (χ3n) is 4.56. The molecule has 2 aromatic heterocycles. The summed E-state index contributed by atoms with van der Waals surface area (Å²) in [6, 6.07) is 6.02. The van der Waals surface area contributed by atoms with E-state index < -0.39 is 4.92 Å². The Bertz CT molecular complexity index is 1100. The van der Waals surface area contributed by atoms with E-state index in [1.54, 1.807) is 30.4 Å². The zero-order chi connectivity index (χ0) is 18.3. The summed E-state index contributed by atoms with van der Waals surface area (Å²) >= 11 is 1.62. The van der Waals surface area contributed by atoms with E-state index in [-0.39, 0.29) is 11.2 Å². The highest BCUT2D eigenvalue weighted by Gasteiger charge is 2.21. The largest absolute Gasteiger partial charge is 0.283 e. The summed E-state index contributed by atoms with van der Waals surface area (Å²) < 4.78 is 1.31. The van der Waals surface area contributed by atoms with Gasteiger partial charge < -0.3 is 0 Å². The molecule has 0 aliphatic heterocycles. The van der Waals surface area contributed by atoms with Crippen molar-refractivity contribution in [2.24, 2.45) is 5.10 Å². The minimum Gasteiger partial charge on any atom is -0.267 e. The molecule has 2 heterocycles. The Hall–Kier alpha value is -2.87. The van der Waals surface area contributed by atoms with Crippen LogP contribution in [0.4, 0.5) is 5.69 Å². The first kappa shape index (κ1) is 16.6. The first-order valence-electron chi connectivity index (χ1n) is 8.37. The van der Waals surface area contributed by atoms with Gasteiger partial charge in [0.05, 0.1) is 16.5 Å². The van der Waals surface area contributed by atoms with E-state index in [1.165, 1.54) is 27.9 Å². The standard InChI is InChI=1S/C18H16N4O3S/c1-11-20-17-16(14-4-2-3-5-15(14)26-17)18(23)21(11)19-10-12-6-8-13(9-7-12)22(24)25/h6-10H,2-5H2,1H3/b19-10+. The molecule has 0 atom stereocenters. The highest BCUT2D eigenvalue weighted by molar-refractivity contribution is 7.18. The van der Waals surface area contributed by atoms with Crippen LogP contribution in [0.15, 0.2) is 34.2 Å². The van der Waals surface area contributed by atoms with Crippen LogP contribution in [-0.4, -0.2) is 20.8 Å². The smallest absolute Gasteiger partial charge is 0.267 e. The van der Waals surface area contributed by atoms with Crippen LogP contribution in [0.2, 0.25) is 0 Å². The van der Waals surface area contributed by atoms with Crippen LogP contribution >= 0.6 is 11.3 Å². The number of aryl methyl sites for hydroxylation is 3. The van der Waals surface area contributed by atoms with Crippen LogP contribution < -0.4 is 5.56 Å². The van der Waals surface area contributed by atoms with E-state index in [2.05, 4.69) is 10.1 Å². The molecular weight excluding hydrogens is 352 g/mol. The number of rotatable bonds is 3. The van der Waals surface area contributed by atoms with Crippen molar-refractivity contribution in [3.05, 3.63) is 66.6 Å². The molecule has 1 aliphatic rings. The van der Waals surface area contributed by atoms with Gasteiger partial charge in [-0.2, -0.15) is 9.78 Å². The van der Waals surface area contributed by atoms with Crippen LogP contribution in [0.25, 0.3) is 10.2 Å². The van der Waals surface area contributed by atoms with Gasteiger partial charge in [0.15, 0.2) is 0 Å². The van der Waals surface area contributed by atoms with Gasteiger partial charge in [-0.3, -0.25) is 14.9 Å². The highest BCUT2D eigenvalue weighted by Crippen LogP contribution is 2.33. The maximum Gasteiger partial charge on any atom is 0.283 e. The number of aromatic nitrogens is 2. The van der Waals surface area contributed by atoms with Crippen molar-refractivity contribution in [1.29, 1.82) is 0 Å². The second kappa shape index (κ2) is 6.45. The lowest BCUT2D eigenvalue weighted by Gasteiger charge is -2.10. The number of nitrogens with zero attached hydrogens (tertiary/aromatic N) is 4. The Labute approximate surface area is 152 Å². The molecule has 0 saturated heterocycles. The Morgan fingerprint density at radius 1 is 1.27 bits per heavy atom. The summed E-state index contributed by atoms with van der Waals surface area (Å²) in [7, 11) is 0. The summed E-state index contributed by atoms with van der Waals surface area (Å²) in [5, 5.41) is 15.7. The molecule has 26 heavy (non-hydrogen) atoms. The van der Waals surface area contributed by atoms with Gasteiger partial charge in [-0.25, -0.2) is 4.98 Å². The first-order valence-corrected chi connectivity index (χ1v) is 9.19. The molecule has 132 valence electrons. The second-order valence-corrected chi connectivity index (χ2v) is 7.34. The van der Waals surface area contributed by atoms with Gasteiger partial charge in [0, 0.05) is 17.0 Å². The van der Waals surface area contributed by atoms with Gasteiger partial charge in [0.2, 0.25) is 0 Å². The maximum atomic E-state index is 13.0. The normalized spacial score (nSPS) is 14.0. The number of nitro groups is 1. The van der Waals surface area contributed by atoms with Crippen molar-refractivity contribution in [2.45, 2.75) is 32.6 Å². The molecule has 1 aliphatic carbocycles. The van der Waals surface area contributed by atoms with Crippen LogP contribution in [0.3, 0.4) is 0 Å². The zero-order valence-electron chi connectivity index (χ0n) is 14.1. The number of hydrogen-bond acceptors (Lipinski definition) is 6. The predicted molar refractivity (Wildman–Crippen MR) is 101 cm³/mol. The monoisotopic (exact) mass is 368 g/mol. The molecule has 0 radical (unpaired) electrons. The van der Waals surface area contributed by atoms with Crippen LogP contribution in [0, 0.1) is 17.0 Å². The van der Waals surface area contributed by atoms with Crippen molar-refractivity contribution < 1.29 is 4.92 Å². The molecule has 8 heteroatoms. The summed E-state index contributed by atoms with van der Waals surface area (Å²) in [6.07, 6.45) is 5.70. The van der Waals surface area contributed by atoms with Crippen molar-refractivity contribution in [3.63, 3.8) is 0 Å². The summed E-state index contributed by atoms with van der Waals surface area (Å²) in [6.45, 7) is 1.76. The topological polar surface area (TPSA) is 90.4 Å². The lowest BCUT2D eigenvalue weighted by Crippen LogP contribution is -2.21. The van der Waals surface area contributed by atoms with Gasteiger partial charge in [0.25, 0.3) is 11.2 Å². The fourth-order valence-electron chi connectivity index (χ4n) is 3.24. The van der Waals surface area contributed by atoms with Gasteiger partial charge in [0.1, 0.15) is 10.7 Å². The predicted octanol–water partition coefficient (Wildman–Crippen LogP) is 3.44. The minimum atomic E-state index is -0.451. The maximum absolute atomic E-state index is 13.0. The molecule has 0 saturated carbocycles. The minimum absolute atomic E-state index is 0.0171. The van der Waals surface area contributed by atoms with Crippen molar-refractivity contribution in [3.8, 4) is 0 Å². The van der Waals surface area contributed by atoms with Crippen molar-refractivity contribution in [1.82, 2.24) is 9.66 Å². The number of benzene rings is 1. The molecule has 0 spiro atoms. The summed E-state index contributed by atoms with van der Waals surface area (Å²) in [4.78, 5) is 29.9. The Balaban J connectivity index is 1.76. The molecule has 0 unspecified atom stereocenters. The summed E-state index contributed by atoms with van der Waals surface area (Å²) in [5.74, 6) is 0.527. The van der Waals surface area contributed by atoms with E-state index in [1.807, 2.05) is 0 Å². The highest BCUT2D eigenvalue weighted by atomic mass is 32.1. The third-order valence-corrected chi connectivity index (χ3v) is 5.74. The zero-order valence-corrected chi connectivity index (χ0v) is 15.0. The SMILES string of the molecule is Cc1nc2sc3c(c2c(=O)n1/N=C/c1ccc([N+](=O)[O-])cc1)CCCC3. The van der Waals surface area contributed by atoms with Crippen molar-refractivity contribution in [2.75, 3.05) is 0 Å². The second-order valence-electron chi connectivity index (χ2n) is 6.26. The average Bonchev–Trinajstić information content (AvgIpc) is 3.00. The average molecular weight is 368 g/mol. The Kier molecular flexibility index (Phi) is 4.12. The van der Waals surface area contributed by atoms with E-state index in [4.69, 9.17) is 0 Å². The van der Waals surface area contributed by atoms with Crippen LogP contribution in [-0.2, 0) is 12.8 Å². The molecule has 0 N–H and O–H groups in total. The van der Waals surface area contributed by atoms with E-state index in [9.17, 15) is 14.9 Å².